The predicted octanol–water partition coefficient (Wildman–Crippen LogP) is 4.37. The number of aryl methyl sites for hydroxylation is 2. The fraction of sp³-hybridized carbons (Fsp3) is 0.167. The van der Waals surface area contributed by atoms with Gasteiger partial charge in [0.05, 0.1) is 16.8 Å². The maximum atomic E-state index is 13.4. The van der Waals surface area contributed by atoms with Crippen molar-refractivity contribution in [3.05, 3.63) is 89.5 Å². The van der Waals surface area contributed by atoms with Crippen molar-refractivity contribution in [3.63, 3.8) is 0 Å². The fourth-order valence-corrected chi connectivity index (χ4v) is 4.91. The highest BCUT2D eigenvalue weighted by Gasteiger charge is 2.28. The number of hydrogen-bond donors (Lipinski definition) is 1. The van der Waals surface area contributed by atoms with Crippen molar-refractivity contribution < 1.29 is 13.2 Å². The first-order valence-electron chi connectivity index (χ1n) is 9.92. The minimum atomic E-state index is -3.96. The summed E-state index contributed by atoms with van der Waals surface area (Å²) in [6.07, 6.45) is 3.52. The lowest BCUT2D eigenvalue weighted by molar-refractivity contribution is -0.119. The maximum absolute atomic E-state index is 13.4. The van der Waals surface area contributed by atoms with Gasteiger partial charge in [-0.25, -0.2) is 13.8 Å². The van der Waals surface area contributed by atoms with Gasteiger partial charge in [-0.1, -0.05) is 48.0 Å². The van der Waals surface area contributed by atoms with E-state index in [0.29, 0.717) is 5.69 Å². The fourth-order valence-electron chi connectivity index (χ4n) is 3.01. The number of hydrogen-bond acceptors (Lipinski definition) is 5. The molecule has 0 aliphatic heterocycles. The van der Waals surface area contributed by atoms with Crippen LogP contribution in [0.15, 0.2) is 87.7 Å². The first-order chi connectivity index (χ1) is 15.3. The second-order valence-electron chi connectivity index (χ2n) is 7.18. The van der Waals surface area contributed by atoms with Crippen LogP contribution in [-0.2, 0) is 14.8 Å². The Bertz CT molecular complexity index is 1210. The Hall–Kier alpha value is -3.10. The summed E-state index contributed by atoms with van der Waals surface area (Å²) in [6, 6.07) is 21.3. The SMILES string of the molecule is CSc1ccc(/C=N\NC(=O)CN(c2ccccc2C)S(=O)(=O)c2ccc(C)cc2)cc1. The van der Waals surface area contributed by atoms with Crippen LogP contribution in [-0.4, -0.2) is 33.3 Å². The van der Waals surface area contributed by atoms with Gasteiger partial charge in [0.25, 0.3) is 15.9 Å². The van der Waals surface area contributed by atoms with E-state index in [1.54, 1.807) is 61.2 Å². The molecule has 3 aromatic rings. The molecule has 0 saturated carbocycles. The van der Waals surface area contributed by atoms with Crippen LogP contribution in [0.2, 0.25) is 0 Å². The molecule has 32 heavy (non-hydrogen) atoms. The number of nitrogens with one attached hydrogen (secondary N) is 1. The predicted molar refractivity (Wildman–Crippen MR) is 131 cm³/mol. The molecule has 166 valence electrons. The zero-order chi connectivity index (χ0) is 23.1. The van der Waals surface area contributed by atoms with Gasteiger partial charge >= 0.3 is 0 Å². The van der Waals surface area contributed by atoms with Gasteiger partial charge in [0.15, 0.2) is 0 Å². The third-order valence-electron chi connectivity index (χ3n) is 4.80. The molecule has 0 aromatic heterocycles. The molecule has 0 unspecified atom stereocenters. The van der Waals surface area contributed by atoms with Crippen molar-refractivity contribution in [2.75, 3.05) is 17.1 Å². The van der Waals surface area contributed by atoms with Crippen LogP contribution in [0.1, 0.15) is 16.7 Å². The maximum Gasteiger partial charge on any atom is 0.264 e. The second kappa shape index (κ2) is 10.5. The summed E-state index contributed by atoms with van der Waals surface area (Å²) in [4.78, 5) is 13.9. The van der Waals surface area contributed by atoms with Gasteiger partial charge in [-0.3, -0.25) is 9.10 Å². The van der Waals surface area contributed by atoms with E-state index in [0.717, 1.165) is 25.9 Å². The third kappa shape index (κ3) is 5.77. The smallest absolute Gasteiger partial charge is 0.264 e. The molecule has 0 radical (unpaired) electrons. The van der Waals surface area contributed by atoms with Gasteiger partial charge in [-0.15, -0.1) is 11.8 Å². The van der Waals surface area contributed by atoms with Gasteiger partial charge in [0, 0.05) is 4.90 Å². The topological polar surface area (TPSA) is 78.8 Å². The average Bonchev–Trinajstić information content (AvgIpc) is 2.79. The molecule has 0 atom stereocenters. The highest BCUT2D eigenvalue weighted by atomic mass is 32.2. The number of benzene rings is 3. The van der Waals surface area contributed by atoms with Crippen molar-refractivity contribution in [1.82, 2.24) is 5.43 Å². The van der Waals surface area contributed by atoms with Gasteiger partial charge < -0.3 is 0 Å². The summed E-state index contributed by atoms with van der Waals surface area (Å²) in [7, 11) is -3.96. The Kier molecular flexibility index (Phi) is 7.71. The van der Waals surface area contributed by atoms with Crippen LogP contribution in [0.5, 0.6) is 0 Å². The monoisotopic (exact) mass is 467 g/mol. The van der Waals surface area contributed by atoms with Crippen LogP contribution in [0, 0.1) is 13.8 Å². The number of carbonyl (C=O) groups excluding carboxylic acids is 1. The summed E-state index contributed by atoms with van der Waals surface area (Å²) >= 11 is 1.64. The molecule has 3 rings (SSSR count). The largest absolute Gasteiger partial charge is 0.271 e. The standard InChI is InChI=1S/C24H25N3O3S2/c1-18-8-14-22(15-9-18)32(29,30)27(23-7-5-4-6-19(23)2)17-24(28)26-25-16-20-10-12-21(31-3)13-11-20/h4-16H,17H2,1-3H3,(H,26,28)/b25-16-. The molecule has 6 nitrogen and oxygen atoms in total. The van der Waals surface area contributed by atoms with E-state index in [1.165, 1.54) is 6.21 Å². The molecule has 0 saturated heterocycles. The minimum Gasteiger partial charge on any atom is -0.271 e. The Balaban J connectivity index is 1.82. The molecule has 0 bridgehead atoms. The first kappa shape index (κ1) is 23.6. The van der Waals surface area contributed by atoms with E-state index in [2.05, 4.69) is 10.5 Å². The number of para-hydroxylation sites is 1. The van der Waals surface area contributed by atoms with E-state index >= 15 is 0 Å². The molecular formula is C24H25N3O3S2. The van der Waals surface area contributed by atoms with Crippen LogP contribution in [0.3, 0.4) is 0 Å². The number of anilines is 1. The number of sulfonamides is 1. The quantitative estimate of drug-likeness (QED) is 0.303. The highest BCUT2D eigenvalue weighted by Crippen LogP contribution is 2.26. The summed E-state index contributed by atoms with van der Waals surface area (Å²) in [6.45, 7) is 3.29. The van der Waals surface area contributed by atoms with E-state index in [4.69, 9.17) is 0 Å². The lowest BCUT2D eigenvalue weighted by atomic mass is 10.2. The van der Waals surface area contributed by atoms with E-state index < -0.39 is 22.5 Å². The molecule has 0 fully saturated rings. The van der Waals surface area contributed by atoms with E-state index in [1.807, 2.05) is 43.5 Å². The van der Waals surface area contributed by atoms with Crippen molar-refractivity contribution in [3.8, 4) is 0 Å². The Morgan fingerprint density at radius 2 is 1.66 bits per heavy atom. The van der Waals surface area contributed by atoms with Gasteiger partial charge in [-0.2, -0.15) is 5.10 Å². The zero-order valence-electron chi connectivity index (χ0n) is 18.1. The first-order valence-corrected chi connectivity index (χ1v) is 12.6. The lowest BCUT2D eigenvalue weighted by Crippen LogP contribution is -2.40. The zero-order valence-corrected chi connectivity index (χ0v) is 19.8. The van der Waals surface area contributed by atoms with Crippen LogP contribution >= 0.6 is 11.8 Å². The van der Waals surface area contributed by atoms with Gasteiger partial charge in [0.2, 0.25) is 0 Å². The van der Waals surface area contributed by atoms with Crippen molar-refractivity contribution >= 4 is 39.6 Å². The summed E-state index contributed by atoms with van der Waals surface area (Å²) in [5, 5.41) is 3.98. The number of nitrogens with zero attached hydrogens (tertiary/aromatic N) is 2. The average molecular weight is 468 g/mol. The molecule has 0 spiro atoms. The second-order valence-corrected chi connectivity index (χ2v) is 9.92. The van der Waals surface area contributed by atoms with Crippen molar-refractivity contribution in [2.24, 2.45) is 5.10 Å². The van der Waals surface area contributed by atoms with Gasteiger partial charge in [-0.05, 0) is 61.6 Å². The molecule has 0 aliphatic rings. The van der Waals surface area contributed by atoms with Gasteiger partial charge in [0.1, 0.15) is 6.54 Å². The minimum absolute atomic E-state index is 0.122. The Morgan fingerprint density at radius 3 is 2.28 bits per heavy atom. The number of rotatable bonds is 8. The molecular weight excluding hydrogens is 442 g/mol. The molecule has 1 amide bonds. The molecule has 0 aliphatic carbocycles. The number of hydrazone groups is 1. The van der Waals surface area contributed by atoms with E-state index in [9.17, 15) is 13.2 Å². The summed E-state index contributed by atoms with van der Waals surface area (Å²) < 4.78 is 27.9. The van der Waals surface area contributed by atoms with Crippen LogP contribution < -0.4 is 9.73 Å². The van der Waals surface area contributed by atoms with Crippen LogP contribution in [0.25, 0.3) is 0 Å². The molecule has 3 aromatic carbocycles. The highest BCUT2D eigenvalue weighted by molar-refractivity contribution is 7.98. The Labute approximate surface area is 193 Å². The summed E-state index contributed by atoms with van der Waals surface area (Å²) in [5.74, 6) is -0.541. The number of amides is 1. The molecule has 8 heteroatoms. The van der Waals surface area contributed by atoms with E-state index in [-0.39, 0.29) is 4.90 Å². The number of carbonyl (C=O) groups is 1. The van der Waals surface area contributed by atoms with Crippen molar-refractivity contribution in [1.29, 1.82) is 0 Å². The third-order valence-corrected chi connectivity index (χ3v) is 7.32. The molecule has 0 heterocycles. The number of thioether (sulfide) groups is 1. The van der Waals surface area contributed by atoms with Crippen LogP contribution in [0.4, 0.5) is 5.69 Å². The lowest BCUT2D eigenvalue weighted by Gasteiger charge is -2.25. The Morgan fingerprint density at radius 1 is 1.00 bits per heavy atom. The van der Waals surface area contributed by atoms with Crippen molar-refractivity contribution in [2.45, 2.75) is 23.6 Å². The summed E-state index contributed by atoms with van der Waals surface area (Å²) in [5.41, 5.74) is 5.39. The molecule has 1 N–H and O–H groups in total. The normalized spacial score (nSPS) is 11.5.